The van der Waals surface area contributed by atoms with Crippen LogP contribution >= 0.6 is 11.3 Å². The predicted molar refractivity (Wildman–Crippen MR) is 84.2 cm³/mol. The van der Waals surface area contributed by atoms with E-state index in [2.05, 4.69) is 15.5 Å². The molecule has 0 atom stereocenters. The van der Waals surface area contributed by atoms with Crippen molar-refractivity contribution in [1.82, 2.24) is 15.5 Å². The third kappa shape index (κ3) is 3.03. The second-order valence-corrected chi connectivity index (χ2v) is 5.82. The summed E-state index contributed by atoms with van der Waals surface area (Å²) in [4.78, 5) is 13.4. The molecule has 0 saturated carbocycles. The van der Waals surface area contributed by atoms with Crippen molar-refractivity contribution in [1.29, 1.82) is 0 Å². The fourth-order valence-electron chi connectivity index (χ4n) is 2.07. The standard InChI is InChI=1S/C16H15N3OS/c1-11-4-6-12(7-5-11)15-14(10-18-19-15)16(20)17-9-13-3-2-8-21-13/h2-8,10H,9H2,1H3,(H,17,20)(H,18,19). The minimum atomic E-state index is -0.118. The van der Waals surface area contributed by atoms with Gasteiger partial charge in [-0.05, 0) is 18.4 Å². The molecule has 2 heterocycles. The SMILES string of the molecule is Cc1ccc(-c2[nH]ncc2C(=O)NCc2cccs2)cc1. The number of aromatic amines is 1. The quantitative estimate of drug-likeness (QED) is 0.775. The summed E-state index contributed by atoms with van der Waals surface area (Å²) in [5.74, 6) is -0.118. The van der Waals surface area contributed by atoms with Gasteiger partial charge in [0.1, 0.15) is 0 Å². The Bertz CT molecular complexity index is 729. The lowest BCUT2D eigenvalue weighted by Crippen LogP contribution is -2.22. The number of carbonyl (C=O) groups is 1. The van der Waals surface area contributed by atoms with Gasteiger partial charge in [0.2, 0.25) is 0 Å². The molecule has 0 aliphatic rings. The fraction of sp³-hybridized carbons (Fsp3) is 0.125. The van der Waals surface area contributed by atoms with Crippen molar-refractivity contribution in [3.8, 4) is 11.3 Å². The van der Waals surface area contributed by atoms with Crippen LogP contribution < -0.4 is 5.32 Å². The van der Waals surface area contributed by atoms with Crippen molar-refractivity contribution in [2.24, 2.45) is 0 Å². The van der Waals surface area contributed by atoms with Crippen LogP contribution in [0.1, 0.15) is 20.8 Å². The number of hydrogen-bond donors (Lipinski definition) is 2. The Balaban J connectivity index is 1.78. The summed E-state index contributed by atoms with van der Waals surface area (Å²) in [7, 11) is 0. The minimum Gasteiger partial charge on any atom is -0.347 e. The van der Waals surface area contributed by atoms with Gasteiger partial charge in [0.25, 0.3) is 5.91 Å². The molecular formula is C16H15N3OS. The van der Waals surface area contributed by atoms with Gasteiger partial charge in [-0.3, -0.25) is 9.89 Å². The van der Waals surface area contributed by atoms with Crippen LogP contribution in [0.4, 0.5) is 0 Å². The number of aryl methyl sites for hydroxylation is 1. The monoisotopic (exact) mass is 297 g/mol. The van der Waals surface area contributed by atoms with Crippen LogP contribution in [-0.2, 0) is 6.54 Å². The molecule has 0 bridgehead atoms. The first-order valence-electron chi connectivity index (χ1n) is 6.65. The van der Waals surface area contributed by atoms with E-state index in [0.717, 1.165) is 16.1 Å². The first kappa shape index (κ1) is 13.6. The first-order chi connectivity index (χ1) is 10.2. The van der Waals surface area contributed by atoms with Gasteiger partial charge in [-0.2, -0.15) is 5.10 Å². The van der Waals surface area contributed by atoms with Gasteiger partial charge in [0.05, 0.1) is 24.0 Å². The highest BCUT2D eigenvalue weighted by atomic mass is 32.1. The van der Waals surface area contributed by atoms with Crippen molar-refractivity contribution < 1.29 is 4.79 Å². The summed E-state index contributed by atoms with van der Waals surface area (Å²) in [5, 5.41) is 11.8. The molecule has 4 nitrogen and oxygen atoms in total. The van der Waals surface area contributed by atoms with Crippen LogP contribution in [-0.4, -0.2) is 16.1 Å². The topological polar surface area (TPSA) is 57.8 Å². The number of thiophene rings is 1. The second kappa shape index (κ2) is 5.93. The molecule has 0 radical (unpaired) electrons. The zero-order valence-electron chi connectivity index (χ0n) is 11.6. The van der Waals surface area contributed by atoms with Crippen molar-refractivity contribution in [3.05, 3.63) is 64.0 Å². The lowest BCUT2D eigenvalue weighted by Gasteiger charge is -2.05. The molecule has 1 amide bonds. The lowest BCUT2D eigenvalue weighted by molar-refractivity contribution is 0.0952. The summed E-state index contributed by atoms with van der Waals surface area (Å²) in [6.07, 6.45) is 1.57. The Labute approximate surface area is 126 Å². The molecule has 0 spiro atoms. The van der Waals surface area contributed by atoms with Gasteiger partial charge >= 0.3 is 0 Å². The van der Waals surface area contributed by atoms with Gasteiger partial charge < -0.3 is 5.32 Å². The third-order valence-electron chi connectivity index (χ3n) is 3.23. The van der Waals surface area contributed by atoms with Gasteiger partial charge in [-0.15, -0.1) is 11.3 Å². The summed E-state index contributed by atoms with van der Waals surface area (Å²) in [5.41, 5.74) is 3.45. The Hall–Kier alpha value is -2.40. The highest BCUT2D eigenvalue weighted by molar-refractivity contribution is 7.09. The molecule has 1 aromatic carbocycles. The summed E-state index contributed by atoms with van der Waals surface area (Å²) in [6.45, 7) is 2.57. The molecule has 0 aliphatic carbocycles. The van der Waals surface area contributed by atoms with Crippen LogP contribution in [0.3, 0.4) is 0 Å². The molecule has 5 heteroatoms. The molecular weight excluding hydrogens is 282 g/mol. The number of nitrogens with one attached hydrogen (secondary N) is 2. The van der Waals surface area contributed by atoms with Gasteiger partial charge in [-0.1, -0.05) is 35.9 Å². The maximum atomic E-state index is 12.3. The van der Waals surface area contributed by atoms with Crippen LogP contribution in [0.2, 0.25) is 0 Å². The van der Waals surface area contributed by atoms with Crippen LogP contribution in [0.5, 0.6) is 0 Å². The summed E-state index contributed by atoms with van der Waals surface area (Å²) in [6, 6.07) is 12.0. The predicted octanol–water partition coefficient (Wildman–Crippen LogP) is 3.38. The molecule has 0 fully saturated rings. The van der Waals surface area contributed by atoms with E-state index in [1.165, 1.54) is 5.56 Å². The highest BCUT2D eigenvalue weighted by Crippen LogP contribution is 2.21. The second-order valence-electron chi connectivity index (χ2n) is 4.79. The van der Waals surface area contributed by atoms with E-state index >= 15 is 0 Å². The first-order valence-corrected chi connectivity index (χ1v) is 7.53. The van der Waals surface area contributed by atoms with E-state index < -0.39 is 0 Å². The fourth-order valence-corrected chi connectivity index (χ4v) is 2.72. The van der Waals surface area contributed by atoms with E-state index in [4.69, 9.17) is 0 Å². The number of nitrogens with zero attached hydrogens (tertiary/aromatic N) is 1. The molecule has 106 valence electrons. The van der Waals surface area contributed by atoms with E-state index in [0.29, 0.717) is 12.1 Å². The number of hydrogen-bond acceptors (Lipinski definition) is 3. The average Bonchev–Trinajstić information content (AvgIpc) is 3.17. The van der Waals surface area contributed by atoms with Gasteiger partial charge in [0, 0.05) is 10.4 Å². The number of carbonyl (C=O) groups excluding carboxylic acids is 1. The number of aromatic nitrogens is 2. The third-order valence-corrected chi connectivity index (χ3v) is 4.10. The van der Waals surface area contributed by atoms with E-state index in [1.54, 1.807) is 17.5 Å². The zero-order valence-corrected chi connectivity index (χ0v) is 12.4. The van der Waals surface area contributed by atoms with E-state index in [9.17, 15) is 4.79 Å². The highest BCUT2D eigenvalue weighted by Gasteiger charge is 2.14. The molecule has 2 aromatic heterocycles. The smallest absolute Gasteiger partial charge is 0.255 e. The Morgan fingerprint density at radius 3 is 2.81 bits per heavy atom. The lowest BCUT2D eigenvalue weighted by atomic mass is 10.1. The number of benzene rings is 1. The summed E-state index contributed by atoms with van der Waals surface area (Å²) >= 11 is 1.63. The zero-order chi connectivity index (χ0) is 14.7. The Kier molecular flexibility index (Phi) is 3.83. The summed E-state index contributed by atoms with van der Waals surface area (Å²) < 4.78 is 0. The number of amides is 1. The van der Waals surface area contributed by atoms with Gasteiger partial charge in [-0.25, -0.2) is 0 Å². The van der Waals surface area contributed by atoms with E-state index in [-0.39, 0.29) is 5.91 Å². The number of H-pyrrole nitrogens is 1. The molecule has 3 aromatic rings. The molecule has 0 aliphatic heterocycles. The van der Waals surface area contributed by atoms with Crippen molar-refractivity contribution in [2.75, 3.05) is 0 Å². The molecule has 2 N–H and O–H groups in total. The molecule has 21 heavy (non-hydrogen) atoms. The van der Waals surface area contributed by atoms with Crippen LogP contribution in [0, 0.1) is 6.92 Å². The molecule has 0 unspecified atom stereocenters. The minimum absolute atomic E-state index is 0.118. The van der Waals surface area contributed by atoms with Crippen LogP contribution in [0.25, 0.3) is 11.3 Å². The average molecular weight is 297 g/mol. The Morgan fingerprint density at radius 2 is 2.10 bits per heavy atom. The Morgan fingerprint density at radius 1 is 1.29 bits per heavy atom. The maximum absolute atomic E-state index is 12.3. The van der Waals surface area contributed by atoms with Crippen molar-refractivity contribution >= 4 is 17.2 Å². The maximum Gasteiger partial charge on any atom is 0.255 e. The number of rotatable bonds is 4. The largest absolute Gasteiger partial charge is 0.347 e. The van der Waals surface area contributed by atoms with E-state index in [1.807, 2.05) is 48.7 Å². The van der Waals surface area contributed by atoms with Crippen LogP contribution in [0.15, 0.2) is 48.0 Å². The van der Waals surface area contributed by atoms with Crippen molar-refractivity contribution in [2.45, 2.75) is 13.5 Å². The normalized spacial score (nSPS) is 10.5. The molecule has 0 saturated heterocycles. The van der Waals surface area contributed by atoms with Crippen molar-refractivity contribution in [3.63, 3.8) is 0 Å². The van der Waals surface area contributed by atoms with Gasteiger partial charge in [0.15, 0.2) is 0 Å². The molecule has 3 rings (SSSR count).